The average Bonchev–Trinajstić information content (AvgIpc) is 2.66. The van der Waals surface area contributed by atoms with E-state index < -0.39 is 21.6 Å². The number of hydrogen-bond donors (Lipinski definition) is 1. The molecule has 4 nitrogen and oxygen atoms in total. The third kappa shape index (κ3) is 3.82. The van der Waals surface area contributed by atoms with E-state index in [0.717, 1.165) is 12.3 Å². The van der Waals surface area contributed by atoms with Gasteiger partial charge in [-0.1, -0.05) is 0 Å². The van der Waals surface area contributed by atoms with Crippen molar-refractivity contribution in [2.45, 2.75) is 12.6 Å². The van der Waals surface area contributed by atoms with Gasteiger partial charge in [0.25, 0.3) is 0 Å². The molecule has 0 amide bonds. The minimum absolute atomic E-state index is 0.00547. The molecule has 19 heavy (non-hydrogen) atoms. The molecule has 0 spiro atoms. The SMILES string of the molecule is O=S1(=O)CCC(CNc2ccc(C(F)(F)F)cn2)C1. The number of aromatic nitrogens is 1. The van der Waals surface area contributed by atoms with Gasteiger partial charge in [0.15, 0.2) is 9.84 Å². The fourth-order valence-electron chi connectivity index (χ4n) is 1.95. The molecule has 1 aromatic rings. The highest BCUT2D eigenvalue weighted by Gasteiger charge is 2.31. The van der Waals surface area contributed by atoms with E-state index in [9.17, 15) is 21.6 Å². The van der Waals surface area contributed by atoms with Crippen LogP contribution >= 0.6 is 0 Å². The number of nitrogens with one attached hydrogen (secondary N) is 1. The van der Waals surface area contributed by atoms with Crippen LogP contribution in [0.25, 0.3) is 0 Å². The zero-order valence-electron chi connectivity index (χ0n) is 9.94. The van der Waals surface area contributed by atoms with Crippen molar-refractivity contribution in [1.82, 2.24) is 4.98 Å². The number of halogens is 3. The normalized spacial score (nSPS) is 22.4. The molecular weight excluding hydrogens is 281 g/mol. The molecule has 2 heterocycles. The van der Waals surface area contributed by atoms with Crippen LogP contribution in [0.2, 0.25) is 0 Å². The molecule has 1 atom stereocenters. The lowest BCUT2D eigenvalue weighted by molar-refractivity contribution is -0.137. The zero-order valence-corrected chi connectivity index (χ0v) is 10.8. The highest BCUT2D eigenvalue weighted by Crippen LogP contribution is 2.29. The maximum Gasteiger partial charge on any atom is 0.417 e. The molecule has 1 aliphatic rings. The van der Waals surface area contributed by atoms with Crippen molar-refractivity contribution in [2.24, 2.45) is 5.92 Å². The van der Waals surface area contributed by atoms with E-state index in [1.54, 1.807) is 0 Å². The summed E-state index contributed by atoms with van der Waals surface area (Å²) in [6.07, 6.45) is -3.06. The lowest BCUT2D eigenvalue weighted by atomic mass is 10.1. The van der Waals surface area contributed by atoms with Crippen LogP contribution in [-0.2, 0) is 16.0 Å². The number of pyridine rings is 1. The van der Waals surface area contributed by atoms with Crippen LogP contribution in [-0.4, -0.2) is 31.5 Å². The molecule has 0 radical (unpaired) electrons. The summed E-state index contributed by atoms with van der Waals surface area (Å²) in [4.78, 5) is 3.66. The minimum Gasteiger partial charge on any atom is -0.370 e. The molecular formula is C11H13F3N2O2S. The predicted octanol–water partition coefficient (Wildman–Crippen LogP) is 1.95. The lowest BCUT2D eigenvalue weighted by Crippen LogP contribution is -2.16. The van der Waals surface area contributed by atoms with Crippen molar-refractivity contribution in [3.63, 3.8) is 0 Å². The van der Waals surface area contributed by atoms with E-state index in [4.69, 9.17) is 0 Å². The zero-order chi connectivity index (χ0) is 14.1. The second kappa shape index (κ2) is 4.99. The summed E-state index contributed by atoms with van der Waals surface area (Å²) in [6.45, 7) is 0.400. The summed E-state index contributed by atoms with van der Waals surface area (Å²) in [6, 6.07) is 2.19. The van der Waals surface area contributed by atoms with Gasteiger partial charge in [-0.05, 0) is 24.5 Å². The summed E-state index contributed by atoms with van der Waals surface area (Å²) >= 11 is 0. The molecule has 0 bridgehead atoms. The van der Waals surface area contributed by atoms with Gasteiger partial charge >= 0.3 is 6.18 Å². The van der Waals surface area contributed by atoms with Crippen molar-refractivity contribution < 1.29 is 21.6 Å². The Morgan fingerprint density at radius 3 is 2.58 bits per heavy atom. The van der Waals surface area contributed by atoms with Gasteiger partial charge in [-0.25, -0.2) is 13.4 Å². The van der Waals surface area contributed by atoms with Gasteiger partial charge < -0.3 is 5.32 Å². The molecule has 2 rings (SSSR count). The topological polar surface area (TPSA) is 59.1 Å². The second-order valence-electron chi connectivity index (χ2n) is 4.58. The molecule has 8 heteroatoms. The van der Waals surface area contributed by atoms with Gasteiger partial charge in [0.1, 0.15) is 5.82 Å². The van der Waals surface area contributed by atoms with Crippen molar-refractivity contribution in [3.05, 3.63) is 23.9 Å². The number of hydrogen-bond acceptors (Lipinski definition) is 4. The van der Waals surface area contributed by atoms with E-state index in [-0.39, 0.29) is 17.4 Å². The van der Waals surface area contributed by atoms with Crippen molar-refractivity contribution in [2.75, 3.05) is 23.4 Å². The molecule has 0 aromatic carbocycles. The number of nitrogens with zero attached hydrogens (tertiary/aromatic N) is 1. The Bertz CT molecular complexity index is 540. The molecule has 1 saturated heterocycles. The molecule has 1 fully saturated rings. The Balaban J connectivity index is 1.91. The maximum absolute atomic E-state index is 12.3. The predicted molar refractivity (Wildman–Crippen MR) is 64.5 cm³/mol. The Labute approximate surface area is 109 Å². The largest absolute Gasteiger partial charge is 0.417 e. The summed E-state index contributed by atoms with van der Waals surface area (Å²) in [5, 5.41) is 2.86. The highest BCUT2D eigenvalue weighted by atomic mass is 32.2. The Morgan fingerprint density at radius 1 is 1.37 bits per heavy atom. The summed E-state index contributed by atoms with van der Waals surface area (Å²) < 4.78 is 59.4. The molecule has 1 unspecified atom stereocenters. The first kappa shape index (κ1) is 14.1. The summed E-state index contributed by atoms with van der Waals surface area (Å²) in [5.41, 5.74) is -0.804. The summed E-state index contributed by atoms with van der Waals surface area (Å²) in [7, 11) is -2.94. The van der Waals surface area contributed by atoms with E-state index in [1.807, 2.05) is 0 Å². The van der Waals surface area contributed by atoms with Crippen molar-refractivity contribution >= 4 is 15.7 Å². The van der Waals surface area contributed by atoms with Crippen molar-refractivity contribution in [3.8, 4) is 0 Å². The first-order valence-corrected chi connectivity index (χ1v) is 7.56. The van der Waals surface area contributed by atoms with Crippen LogP contribution in [0.4, 0.5) is 19.0 Å². The van der Waals surface area contributed by atoms with E-state index in [2.05, 4.69) is 10.3 Å². The van der Waals surface area contributed by atoms with Crippen molar-refractivity contribution in [1.29, 1.82) is 0 Å². The van der Waals surface area contributed by atoms with Gasteiger partial charge in [0.2, 0.25) is 0 Å². The molecule has 0 aliphatic carbocycles. The fourth-order valence-corrected chi connectivity index (χ4v) is 3.81. The first-order chi connectivity index (χ1) is 8.76. The van der Waals surface area contributed by atoms with Gasteiger partial charge in [-0.15, -0.1) is 0 Å². The van der Waals surface area contributed by atoms with Gasteiger partial charge in [0, 0.05) is 12.7 Å². The number of alkyl halides is 3. The highest BCUT2D eigenvalue weighted by molar-refractivity contribution is 7.91. The molecule has 1 N–H and O–H groups in total. The molecule has 106 valence electrons. The maximum atomic E-state index is 12.3. The Hall–Kier alpha value is -1.31. The van der Waals surface area contributed by atoms with E-state index in [1.165, 1.54) is 6.07 Å². The second-order valence-corrected chi connectivity index (χ2v) is 6.81. The average molecular weight is 294 g/mol. The van der Waals surface area contributed by atoms with Gasteiger partial charge in [0.05, 0.1) is 17.1 Å². The smallest absolute Gasteiger partial charge is 0.370 e. The monoisotopic (exact) mass is 294 g/mol. The number of rotatable bonds is 3. The van der Waals surface area contributed by atoms with Crippen LogP contribution in [0.5, 0.6) is 0 Å². The minimum atomic E-state index is -4.40. The standard InChI is InChI=1S/C11H13F3N2O2S/c12-11(13,14)9-1-2-10(16-6-9)15-5-8-3-4-19(17,18)7-8/h1-2,6,8H,3-5,7H2,(H,15,16). The first-order valence-electron chi connectivity index (χ1n) is 5.74. The Morgan fingerprint density at radius 2 is 2.11 bits per heavy atom. The van der Waals surface area contributed by atoms with E-state index >= 15 is 0 Å². The molecule has 0 saturated carbocycles. The van der Waals surface area contributed by atoms with Crippen LogP contribution in [0, 0.1) is 5.92 Å². The van der Waals surface area contributed by atoms with Crippen LogP contribution in [0.15, 0.2) is 18.3 Å². The third-order valence-corrected chi connectivity index (χ3v) is 4.83. The summed E-state index contributed by atoms with van der Waals surface area (Å²) in [5.74, 6) is 0.617. The quantitative estimate of drug-likeness (QED) is 0.925. The molecule has 1 aromatic heterocycles. The Kier molecular flexibility index (Phi) is 3.71. The number of sulfone groups is 1. The lowest BCUT2D eigenvalue weighted by Gasteiger charge is -2.11. The number of anilines is 1. The van der Waals surface area contributed by atoms with Gasteiger partial charge in [-0.3, -0.25) is 0 Å². The fraction of sp³-hybridized carbons (Fsp3) is 0.545. The van der Waals surface area contributed by atoms with E-state index in [0.29, 0.717) is 18.8 Å². The molecule has 1 aliphatic heterocycles. The van der Waals surface area contributed by atoms with Crippen LogP contribution in [0.3, 0.4) is 0 Å². The third-order valence-electron chi connectivity index (χ3n) is 2.99. The van der Waals surface area contributed by atoms with Gasteiger partial charge in [-0.2, -0.15) is 13.2 Å². The van der Waals surface area contributed by atoms with Crippen LogP contribution < -0.4 is 5.32 Å². The van der Waals surface area contributed by atoms with Crippen LogP contribution in [0.1, 0.15) is 12.0 Å².